The molecule has 0 aliphatic rings. The summed E-state index contributed by atoms with van der Waals surface area (Å²) in [5.41, 5.74) is 3.71. The maximum Gasteiger partial charge on any atom is 0.123 e. The van der Waals surface area contributed by atoms with Gasteiger partial charge in [0.1, 0.15) is 5.01 Å². The van der Waals surface area contributed by atoms with Crippen LogP contribution in [-0.2, 0) is 12.0 Å². The van der Waals surface area contributed by atoms with Crippen LogP contribution in [0.2, 0.25) is 0 Å². The summed E-state index contributed by atoms with van der Waals surface area (Å²) >= 11 is 5.41. The molecule has 0 spiro atoms. The summed E-state index contributed by atoms with van der Waals surface area (Å²) in [5.74, 6) is 0. The van der Waals surface area contributed by atoms with E-state index in [4.69, 9.17) is 4.98 Å². The Morgan fingerprint density at radius 3 is 2.57 bits per heavy atom. The first-order valence-electron chi connectivity index (χ1n) is 7.30. The Hall–Kier alpha value is -0.710. The second-order valence-electron chi connectivity index (χ2n) is 6.29. The zero-order valence-electron chi connectivity index (χ0n) is 13.4. The summed E-state index contributed by atoms with van der Waals surface area (Å²) in [6, 6.07) is 6.46. The highest BCUT2D eigenvalue weighted by Gasteiger charge is 2.23. The number of thiazole rings is 1. The Morgan fingerprint density at radius 2 is 2.00 bits per heavy atom. The molecule has 2 aromatic rings. The molecule has 0 radical (unpaired) electrons. The summed E-state index contributed by atoms with van der Waals surface area (Å²) < 4.78 is 1.14. The third-order valence-electron chi connectivity index (χ3n) is 3.36. The van der Waals surface area contributed by atoms with Crippen molar-refractivity contribution in [1.29, 1.82) is 0 Å². The van der Waals surface area contributed by atoms with Gasteiger partial charge in [0, 0.05) is 26.9 Å². The van der Waals surface area contributed by atoms with Gasteiger partial charge in [-0.2, -0.15) is 0 Å². The van der Waals surface area contributed by atoms with Crippen LogP contribution < -0.4 is 5.32 Å². The minimum absolute atomic E-state index is 0.0709. The third kappa shape index (κ3) is 3.93. The first kappa shape index (κ1) is 16.7. The molecule has 0 saturated carbocycles. The number of nitrogens with one attached hydrogen (secondary N) is 1. The van der Waals surface area contributed by atoms with Crippen molar-refractivity contribution in [3.8, 4) is 10.6 Å². The number of hydrogen-bond acceptors (Lipinski definition) is 3. The van der Waals surface area contributed by atoms with Crippen LogP contribution in [0.25, 0.3) is 10.6 Å². The topological polar surface area (TPSA) is 24.9 Å². The summed E-state index contributed by atoms with van der Waals surface area (Å²) in [6.45, 7) is 12.8. The highest BCUT2D eigenvalue weighted by atomic mass is 79.9. The lowest BCUT2D eigenvalue weighted by molar-refractivity contribution is 0.561. The Kier molecular flexibility index (Phi) is 5.23. The van der Waals surface area contributed by atoms with E-state index in [0.29, 0.717) is 0 Å². The molecule has 21 heavy (non-hydrogen) atoms. The second-order valence-corrected chi connectivity index (χ2v) is 8.22. The number of benzene rings is 1. The van der Waals surface area contributed by atoms with Crippen LogP contribution in [0.5, 0.6) is 0 Å². The van der Waals surface area contributed by atoms with Gasteiger partial charge in [-0.3, -0.25) is 0 Å². The molecule has 0 amide bonds. The lowest BCUT2D eigenvalue weighted by Gasteiger charge is -2.17. The van der Waals surface area contributed by atoms with Crippen LogP contribution in [-0.4, -0.2) is 11.5 Å². The molecule has 114 valence electrons. The molecule has 0 fully saturated rings. The molecule has 0 aliphatic heterocycles. The van der Waals surface area contributed by atoms with Gasteiger partial charge in [0.2, 0.25) is 0 Å². The van der Waals surface area contributed by atoms with Gasteiger partial charge in [0.15, 0.2) is 0 Å². The van der Waals surface area contributed by atoms with Crippen LogP contribution in [0, 0.1) is 6.92 Å². The largest absolute Gasteiger partial charge is 0.312 e. The minimum atomic E-state index is 0.0709. The van der Waals surface area contributed by atoms with Crippen LogP contribution in [0.3, 0.4) is 0 Å². The molecule has 0 atom stereocenters. The third-order valence-corrected chi connectivity index (χ3v) is 5.32. The van der Waals surface area contributed by atoms with Gasteiger partial charge < -0.3 is 5.32 Å². The standard InChI is InChI=1S/C17H23BrN2S/c1-6-19-10-14-15(17(3,4)5)20-16(21-14)12-8-7-11(2)13(18)9-12/h7-9,19H,6,10H2,1-5H3. The monoisotopic (exact) mass is 366 g/mol. The predicted molar refractivity (Wildman–Crippen MR) is 96.1 cm³/mol. The number of rotatable bonds is 4. The average molecular weight is 367 g/mol. The van der Waals surface area contributed by atoms with E-state index in [1.165, 1.54) is 21.7 Å². The van der Waals surface area contributed by atoms with E-state index < -0.39 is 0 Å². The van der Waals surface area contributed by atoms with Gasteiger partial charge >= 0.3 is 0 Å². The highest BCUT2D eigenvalue weighted by Crippen LogP contribution is 2.35. The SMILES string of the molecule is CCNCc1sc(-c2ccc(C)c(Br)c2)nc1C(C)(C)C. The molecule has 0 saturated heterocycles. The normalized spacial score (nSPS) is 11.9. The van der Waals surface area contributed by atoms with Gasteiger partial charge in [0.25, 0.3) is 0 Å². The number of hydrogen-bond donors (Lipinski definition) is 1. The number of nitrogens with zero attached hydrogens (tertiary/aromatic N) is 1. The number of aromatic nitrogens is 1. The van der Waals surface area contributed by atoms with Crippen LogP contribution in [0.4, 0.5) is 0 Å². The Labute approximate surface area is 140 Å². The molecule has 4 heteroatoms. The maximum absolute atomic E-state index is 4.93. The van der Waals surface area contributed by atoms with E-state index in [9.17, 15) is 0 Å². The smallest absolute Gasteiger partial charge is 0.123 e. The molecule has 1 N–H and O–H groups in total. The quantitative estimate of drug-likeness (QED) is 0.794. The van der Waals surface area contributed by atoms with Gasteiger partial charge in [0.05, 0.1) is 5.69 Å². The molecule has 0 unspecified atom stereocenters. The van der Waals surface area contributed by atoms with Crippen molar-refractivity contribution in [2.75, 3.05) is 6.54 Å². The molecule has 2 rings (SSSR count). The van der Waals surface area contributed by atoms with Crippen molar-refractivity contribution < 1.29 is 0 Å². The van der Waals surface area contributed by atoms with Crippen molar-refractivity contribution in [2.24, 2.45) is 0 Å². The molecule has 1 aromatic heterocycles. The Morgan fingerprint density at radius 1 is 1.29 bits per heavy atom. The zero-order valence-corrected chi connectivity index (χ0v) is 15.8. The van der Waals surface area contributed by atoms with E-state index in [0.717, 1.165) is 22.6 Å². The fraction of sp³-hybridized carbons (Fsp3) is 0.471. The molecular formula is C17H23BrN2S. The summed E-state index contributed by atoms with van der Waals surface area (Å²) in [7, 11) is 0. The van der Waals surface area contributed by atoms with Crippen molar-refractivity contribution in [3.63, 3.8) is 0 Å². The van der Waals surface area contributed by atoms with Crippen molar-refractivity contribution in [2.45, 2.75) is 46.6 Å². The van der Waals surface area contributed by atoms with Gasteiger partial charge in [-0.25, -0.2) is 4.98 Å². The van der Waals surface area contributed by atoms with Crippen LogP contribution >= 0.6 is 27.3 Å². The van der Waals surface area contributed by atoms with Crippen molar-refractivity contribution >= 4 is 27.3 Å². The molecule has 1 heterocycles. The van der Waals surface area contributed by atoms with Gasteiger partial charge in [-0.15, -0.1) is 11.3 Å². The van der Waals surface area contributed by atoms with E-state index >= 15 is 0 Å². The predicted octanol–water partition coefficient (Wildman–Crippen LogP) is 5.29. The first-order valence-corrected chi connectivity index (χ1v) is 8.91. The lowest BCUT2D eigenvalue weighted by atomic mass is 9.91. The fourth-order valence-corrected chi connectivity index (χ4v) is 3.76. The average Bonchev–Trinajstić information content (AvgIpc) is 2.83. The summed E-state index contributed by atoms with van der Waals surface area (Å²) in [4.78, 5) is 6.28. The van der Waals surface area contributed by atoms with Crippen molar-refractivity contribution in [1.82, 2.24) is 10.3 Å². The van der Waals surface area contributed by atoms with E-state index in [2.05, 4.69) is 74.1 Å². The van der Waals surface area contributed by atoms with E-state index in [1.54, 1.807) is 11.3 Å². The molecule has 1 aromatic carbocycles. The van der Waals surface area contributed by atoms with Gasteiger partial charge in [-0.05, 0) is 25.1 Å². The van der Waals surface area contributed by atoms with Gasteiger partial charge in [-0.1, -0.05) is 55.8 Å². The second kappa shape index (κ2) is 6.59. The summed E-state index contributed by atoms with van der Waals surface area (Å²) in [5, 5.41) is 4.53. The lowest BCUT2D eigenvalue weighted by Crippen LogP contribution is -2.18. The van der Waals surface area contributed by atoms with E-state index in [1.807, 2.05) is 0 Å². The zero-order chi connectivity index (χ0) is 15.6. The number of aryl methyl sites for hydroxylation is 1. The molecule has 2 nitrogen and oxygen atoms in total. The Balaban J connectivity index is 2.45. The minimum Gasteiger partial charge on any atom is -0.312 e. The molecule has 0 aliphatic carbocycles. The fourth-order valence-electron chi connectivity index (χ4n) is 2.15. The Bertz CT molecular complexity index is 626. The van der Waals surface area contributed by atoms with Crippen molar-refractivity contribution in [3.05, 3.63) is 38.8 Å². The van der Waals surface area contributed by atoms with Crippen LogP contribution in [0.15, 0.2) is 22.7 Å². The highest BCUT2D eigenvalue weighted by molar-refractivity contribution is 9.10. The maximum atomic E-state index is 4.93. The first-order chi connectivity index (χ1) is 9.82. The number of halogens is 1. The summed E-state index contributed by atoms with van der Waals surface area (Å²) in [6.07, 6.45) is 0. The molecular weight excluding hydrogens is 344 g/mol. The van der Waals surface area contributed by atoms with E-state index in [-0.39, 0.29) is 5.41 Å². The van der Waals surface area contributed by atoms with Crippen LogP contribution in [0.1, 0.15) is 43.8 Å². The molecule has 0 bridgehead atoms.